The zero-order valence-corrected chi connectivity index (χ0v) is 18.5. The molecule has 7 nitrogen and oxygen atoms in total. The summed E-state index contributed by atoms with van der Waals surface area (Å²) in [6, 6.07) is 10.4. The van der Waals surface area contributed by atoms with Gasteiger partial charge >= 0.3 is 6.36 Å². The summed E-state index contributed by atoms with van der Waals surface area (Å²) in [7, 11) is 0. The maximum atomic E-state index is 13.8. The number of primary amides is 1. The summed E-state index contributed by atoms with van der Waals surface area (Å²) >= 11 is 0. The van der Waals surface area contributed by atoms with E-state index in [2.05, 4.69) is 16.0 Å². The van der Waals surface area contributed by atoms with Gasteiger partial charge in [-0.25, -0.2) is 0 Å². The Hall–Kier alpha value is -4.00. The third-order valence-electron chi connectivity index (χ3n) is 6.23. The second kappa shape index (κ2) is 8.98. The van der Waals surface area contributed by atoms with Gasteiger partial charge in [0.1, 0.15) is 11.8 Å². The number of hydrogen-bond acceptors (Lipinski definition) is 4. The fraction of sp³-hybridized carbons (Fsp3) is 0.320. The van der Waals surface area contributed by atoms with Gasteiger partial charge in [0.25, 0.3) is 0 Å². The fourth-order valence-electron chi connectivity index (χ4n) is 4.46. The van der Waals surface area contributed by atoms with Crippen molar-refractivity contribution in [1.29, 1.82) is 0 Å². The van der Waals surface area contributed by atoms with Crippen LogP contribution in [0.1, 0.15) is 42.0 Å². The van der Waals surface area contributed by atoms with E-state index in [-0.39, 0.29) is 24.6 Å². The summed E-state index contributed by atoms with van der Waals surface area (Å²) in [6.45, 7) is 0.181. The molecule has 0 unspecified atom stereocenters. The quantitative estimate of drug-likeness (QED) is 0.589. The van der Waals surface area contributed by atoms with E-state index >= 15 is 0 Å². The van der Waals surface area contributed by atoms with Crippen molar-refractivity contribution in [2.45, 2.75) is 49.7 Å². The second-order valence-electron chi connectivity index (χ2n) is 8.59. The normalized spacial score (nSPS) is 18.7. The van der Waals surface area contributed by atoms with Crippen LogP contribution in [0.3, 0.4) is 0 Å². The van der Waals surface area contributed by atoms with E-state index in [1.165, 1.54) is 29.2 Å². The topological polar surface area (TPSA) is 102 Å². The monoisotopic (exact) mass is 485 g/mol. The van der Waals surface area contributed by atoms with E-state index < -0.39 is 35.7 Å². The second-order valence-corrected chi connectivity index (χ2v) is 8.59. The molecule has 4 rings (SSSR count). The SMILES string of the molecule is C#C[C@H](CC(N)=O)NC(=O)[C@@H]1c2ccccc2CN1C(=O)C1(c2ccc(OC(F)(F)F)cc2)CC1. The van der Waals surface area contributed by atoms with Crippen molar-refractivity contribution < 1.29 is 32.3 Å². The highest BCUT2D eigenvalue weighted by Gasteiger charge is 2.56. The van der Waals surface area contributed by atoms with E-state index in [9.17, 15) is 27.6 Å². The minimum atomic E-state index is -4.82. The Kier molecular flexibility index (Phi) is 6.19. The molecule has 2 aliphatic rings. The van der Waals surface area contributed by atoms with Crippen LogP contribution in [0.15, 0.2) is 48.5 Å². The molecular formula is C25H22F3N3O4. The number of nitrogens with one attached hydrogen (secondary N) is 1. The van der Waals surface area contributed by atoms with E-state index in [4.69, 9.17) is 12.2 Å². The first-order valence-electron chi connectivity index (χ1n) is 10.8. The number of fused-ring (bicyclic) bond motifs is 1. The Bertz CT molecular complexity index is 1200. The number of halogens is 3. The molecule has 1 fully saturated rings. The molecule has 35 heavy (non-hydrogen) atoms. The van der Waals surface area contributed by atoms with E-state index in [1.54, 1.807) is 18.2 Å². The number of ether oxygens (including phenoxy) is 1. The van der Waals surface area contributed by atoms with Crippen LogP contribution >= 0.6 is 0 Å². The molecule has 2 aromatic carbocycles. The molecule has 0 radical (unpaired) electrons. The molecule has 1 aliphatic heterocycles. The maximum absolute atomic E-state index is 13.8. The minimum Gasteiger partial charge on any atom is -0.406 e. The lowest BCUT2D eigenvalue weighted by Crippen LogP contribution is -2.47. The molecule has 10 heteroatoms. The van der Waals surface area contributed by atoms with Crippen LogP contribution in [-0.4, -0.2) is 35.0 Å². The molecule has 0 spiro atoms. The molecule has 3 amide bonds. The Morgan fingerprint density at radius 3 is 2.40 bits per heavy atom. The molecule has 2 atom stereocenters. The number of carbonyl (C=O) groups is 3. The van der Waals surface area contributed by atoms with E-state index in [0.29, 0.717) is 24.0 Å². The zero-order valence-electron chi connectivity index (χ0n) is 18.5. The number of nitrogens with two attached hydrogens (primary N) is 1. The smallest absolute Gasteiger partial charge is 0.406 e. The molecular weight excluding hydrogens is 463 g/mol. The molecule has 1 saturated carbocycles. The number of terminal acetylenes is 1. The number of amides is 3. The first kappa shape index (κ1) is 24.1. The summed E-state index contributed by atoms with van der Waals surface area (Å²) < 4.78 is 41.4. The predicted octanol–water partition coefficient (Wildman–Crippen LogP) is 2.69. The summed E-state index contributed by atoms with van der Waals surface area (Å²) in [6.07, 6.45) is 1.34. The third-order valence-corrected chi connectivity index (χ3v) is 6.23. The van der Waals surface area contributed by atoms with Gasteiger partial charge in [-0.05, 0) is 41.7 Å². The van der Waals surface area contributed by atoms with Crippen molar-refractivity contribution in [3.05, 3.63) is 65.2 Å². The lowest BCUT2D eigenvalue weighted by Gasteiger charge is -2.29. The molecule has 0 bridgehead atoms. The Morgan fingerprint density at radius 2 is 1.83 bits per heavy atom. The summed E-state index contributed by atoms with van der Waals surface area (Å²) in [5, 5.41) is 2.61. The van der Waals surface area contributed by atoms with Crippen LogP contribution in [-0.2, 0) is 26.3 Å². The lowest BCUT2D eigenvalue weighted by molar-refractivity contribution is -0.274. The van der Waals surface area contributed by atoms with Crippen molar-refractivity contribution in [3.8, 4) is 18.1 Å². The minimum absolute atomic E-state index is 0.181. The fourth-order valence-corrected chi connectivity index (χ4v) is 4.46. The molecule has 0 saturated heterocycles. The van der Waals surface area contributed by atoms with Gasteiger partial charge in [0.15, 0.2) is 0 Å². The van der Waals surface area contributed by atoms with Gasteiger partial charge < -0.3 is 20.7 Å². The van der Waals surface area contributed by atoms with Crippen LogP contribution in [0.5, 0.6) is 5.75 Å². The largest absolute Gasteiger partial charge is 0.573 e. The van der Waals surface area contributed by atoms with Crippen molar-refractivity contribution in [1.82, 2.24) is 10.2 Å². The highest BCUT2D eigenvalue weighted by Crippen LogP contribution is 2.52. The van der Waals surface area contributed by atoms with Gasteiger partial charge in [-0.1, -0.05) is 42.3 Å². The summed E-state index contributed by atoms with van der Waals surface area (Å²) in [4.78, 5) is 39.8. The number of nitrogens with zero attached hydrogens (tertiary/aromatic N) is 1. The number of benzene rings is 2. The molecule has 182 valence electrons. The highest BCUT2D eigenvalue weighted by atomic mass is 19.4. The predicted molar refractivity (Wildman–Crippen MR) is 118 cm³/mol. The van der Waals surface area contributed by atoms with Crippen molar-refractivity contribution in [3.63, 3.8) is 0 Å². The number of rotatable bonds is 7. The third kappa shape index (κ3) is 4.94. The lowest BCUT2D eigenvalue weighted by atomic mass is 9.93. The summed E-state index contributed by atoms with van der Waals surface area (Å²) in [5.74, 6) is 0.397. The zero-order chi connectivity index (χ0) is 25.4. The van der Waals surface area contributed by atoms with Gasteiger partial charge in [0.2, 0.25) is 17.7 Å². The number of hydrogen-bond donors (Lipinski definition) is 2. The standard InChI is InChI=1S/C25H22F3N3O4/c1-2-17(13-20(29)32)30-22(33)21-19-6-4-3-5-15(19)14-31(21)23(34)24(11-12-24)16-7-9-18(10-8-16)35-25(26,27)28/h1,3-10,17,21H,11-14H2,(H2,29,32)(H,30,33)/t17-,21+/m1/s1. The van der Waals surface area contributed by atoms with Gasteiger partial charge in [-0.15, -0.1) is 19.6 Å². The summed E-state index contributed by atoms with van der Waals surface area (Å²) in [5.41, 5.74) is 6.22. The van der Waals surface area contributed by atoms with Crippen molar-refractivity contribution in [2.24, 2.45) is 5.73 Å². The highest BCUT2D eigenvalue weighted by molar-refractivity contribution is 5.97. The first-order valence-corrected chi connectivity index (χ1v) is 10.8. The number of alkyl halides is 3. The van der Waals surface area contributed by atoms with Crippen molar-refractivity contribution in [2.75, 3.05) is 0 Å². The van der Waals surface area contributed by atoms with E-state index in [1.807, 2.05) is 6.07 Å². The Morgan fingerprint density at radius 1 is 1.17 bits per heavy atom. The molecule has 3 N–H and O–H groups in total. The van der Waals surface area contributed by atoms with E-state index in [0.717, 1.165) is 5.56 Å². The van der Waals surface area contributed by atoms with Gasteiger partial charge in [0, 0.05) is 6.54 Å². The van der Waals surface area contributed by atoms with Crippen LogP contribution in [0.25, 0.3) is 0 Å². The number of carbonyl (C=O) groups excluding carboxylic acids is 3. The van der Waals surface area contributed by atoms with Crippen LogP contribution in [0.2, 0.25) is 0 Å². The first-order chi connectivity index (χ1) is 16.5. The Balaban J connectivity index is 1.60. The molecule has 1 aliphatic carbocycles. The average molecular weight is 485 g/mol. The van der Waals surface area contributed by atoms with Gasteiger partial charge in [0.05, 0.1) is 17.9 Å². The van der Waals surface area contributed by atoms with Gasteiger partial charge in [-0.3, -0.25) is 14.4 Å². The molecule has 1 heterocycles. The van der Waals surface area contributed by atoms with Crippen LogP contribution in [0, 0.1) is 12.3 Å². The van der Waals surface area contributed by atoms with Crippen LogP contribution < -0.4 is 15.8 Å². The van der Waals surface area contributed by atoms with Gasteiger partial charge in [-0.2, -0.15) is 0 Å². The average Bonchev–Trinajstić information content (AvgIpc) is 3.51. The molecule has 2 aromatic rings. The molecule has 0 aromatic heterocycles. The Labute approximate surface area is 199 Å². The van der Waals surface area contributed by atoms with Crippen LogP contribution in [0.4, 0.5) is 13.2 Å². The maximum Gasteiger partial charge on any atom is 0.573 e. The van der Waals surface area contributed by atoms with Crippen molar-refractivity contribution >= 4 is 17.7 Å².